The summed E-state index contributed by atoms with van der Waals surface area (Å²) < 4.78 is 86.9. The zero-order valence-corrected chi connectivity index (χ0v) is 18.2. The average molecular weight is 497 g/mol. The molecule has 2 aromatic carbocycles. The van der Waals surface area contributed by atoms with Crippen molar-refractivity contribution in [3.05, 3.63) is 71.4 Å². The number of nitrogens with zero attached hydrogens (tertiary/aromatic N) is 3. The summed E-state index contributed by atoms with van der Waals surface area (Å²) in [6.45, 7) is 1.39. The van der Waals surface area contributed by atoms with Crippen molar-refractivity contribution in [1.82, 2.24) is 4.98 Å². The first-order valence-corrected chi connectivity index (χ1v) is 10.0. The smallest absolute Gasteiger partial charge is 0.481 e. The molecule has 0 fully saturated rings. The van der Waals surface area contributed by atoms with Gasteiger partial charge >= 0.3 is 12.5 Å². The Bertz CT molecular complexity index is 1260. The van der Waals surface area contributed by atoms with Gasteiger partial charge in [0, 0.05) is 11.8 Å². The molecule has 0 spiro atoms. The standard InChI is InChI=1S/C23H17F6N3O3/c1-13-9-16(35-23(27,28)29)5-7-18(13)32-12-31(15-4-8-20(34-2)30-11-15)21(33)17-10-14(22(24,25)26)3-6-19(17)32/h3-11H,12H2,1-2H3. The quantitative estimate of drug-likeness (QED) is 0.410. The minimum atomic E-state index is -4.88. The van der Waals surface area contributed by atoms with Crippen LogP contribution < -0.4 is 19.3 Å². The Hall–Kier alpha value is -3.96. The molecule has 4 rings (SSSR count). The highest BCUT2D eigenvalue weighted by Crippen LogP contribution is 2.41. The molecule has 0 saturated carbocycles. The molecular formula is C23H17F6N3O3. The van der Waals surface area contributed by atoms with Gasteiger partial charge in [-0.2, -0.15) is 13.2 Å². The Morgan fingerprint density at radius 1 is 0.914 bits per heavy atom. The van der Waals surface area contributed by atoms with E-state index in [-0.39, 0.29) is 23.8 Å². The number of aromatic nitrogens is 1. The van der Waals surface area contributed by atoms with Crippen molar-refractivity contribution in [3.8, 4) is 11.6 Å². The van der Waals surface area contributed by atoms with Crippen LogP contribution in [0.15, 0.2) is 54.7 Å². The number of carbonyl (C=O) groups is 1. The molecule has 0 saturated heterocycles. The second kappa shape index (κ2) is 8.67. The third-order valence-corrected chi connectivity index (χ3v) is 5.31. The summed E-state index contributed by atoms with van der Waals surface area (Å²) in [5, 5.41) is 0. The maximum atomic E-state index is 13.4. The van der Waals surface area contributed by atoms with Gasteiger partial charge in [-0.25, -0.2) is 4.98 Å². The van der Waals surface area contributed by atoms with Crippen molar-refractivity contribution in [2.24, 2.45) is 0 Å². The first-order valence-electron chi connectivity index (χ1n) is 10.0. The minimum Gasteiger partial charge on any atom is -0.481 e. The van der Waals surface area contributed by atoms with E-state index >= 15 is 0 Å². The zero-order chi connectivity index (χ0) is 25.5. The first kappa shape index (κ1) is 24.2. The number of halogens is 6. The molecule has 2 heterocycles. The molecule has 35 heavy (non-hydrogen) atoms. The van der Waals surface area contributed by atoms with Gasteiger partial charge in [-0.05, 0) is 55.0 Å². The van der Waals surface area contributed by atoms with Crippen LogP contribution in [0.5, 0.6) is 11.6 Å². The van der Waals surface area contributed by atoms with Crippen LogP contribution >= 0.6 is 0 Å². The van der Waals surface area contributed by atoms with Crippen molar-refractivity contribution < 1.29 is 40.6 Å². The van der Waals surface area contributed by atoms with Gasteiger partial charge in [-0.3, -0.25) is 9.69 Å². The molecule has 1 aliphatic rings. The summed E-state index contributed by atoms with van der Waals surface area (Å²) in [7, 11) is 1.40. The number of methoxy groups -OCH3 is 1. The second-order valence-corrected chi connectivity index (χ2v) is 7.59. The van der Waals surface area contributed by atoms with Crippen molar-refractivity contribution in [2.45, 2.75) is 19.5 Å². The summed E-state index contributed by atoms with van der Waals surface area (Å²) in [6.07, 6.45) is -8.23. The van der Waals surface area contributed by atoms with Crippen LogP contribution in [0, 0.1) is 6.92 Å². The predicted molar refractivity (Wildman–Crippen MR) is 114 cm³/mol. The van der Waals surface area contributed by atoms with Gasteiger partial charge in [-0.15, -0.1) is 13.2 Å². The van der Waals surface area contributed by atoms with E-state index in [1.807, 2.05) is 0 Å². The number of alkyl halides is 6. The lowest BCUT2D eigenvalue weighted by Gasteiger charge is -2.39. The molecule has 12 heteroatoms. The Morgan fingerprint density at radius 3 is 2.20 bits per heavy atom. The van der Waals surface area contributed by atoms with Crippen molar-refractivity contribution >= 4 is 23.0 Å². The fourth-order valence-corrected chi connectivity index (χ4v) is 3.73. The van der Waals surface area contributed by atoms with E-state index in [4.69, 9.17) is 4.74 Å². The monoisotopic (exact) mass is 497 g/mol. The van der Waals surface area contributed by atoms with E-state index < -0.39 is 29.8 Å². The van der Waals surface area contributed by atoms with E-state index in [0.717, 1.165) is 24.3 Å². The summed E-state index contributed by atoms with van der Waals surface area (Å²) in [5.74, 6) is -0.870. The normalized spacial score (nSPS) is 14.1. The molecule has 0 radical (unpaired) electrons. The highest BCUT2D eigenvalue weighted by Gasteiger charge is 2.37. The maximum absolute atomic E-state index is 13.4. The number of ether oxygens (including phenoxy) is 2. The van der Waals surface area contributed by atoms with E-state index in [9.17, 15) is 31.1 Å². The van der Waals surface area contributed by atoms with Crippen LogP contribution in [0.2, 0.25) is 0 Å². The maximum Gasteiger partial charge on any atom is 0.573 e. The number of amides is 1. The summed E-state index contributed by atoms with van der Waals surface area (Å²) in [6, 6.07) is 9.37. The summed E-state index contributed by atoms with van der Waals surface area (Å²) in [4.78, 5) is 20.0. The second-order valence-electron chi connectivity index (χ2n) is 7.59. The lowest BCUT2D eigenvalue weighted by atomic mass is 10.0. The topological polar surface area (TPSA) is 54.9 Å². The molecule has 1 aliphatic heterocycles. The number of aryl methyl sites for hydroxylation is 1. The number of benzene rings is 2. The lowest BCUT2D eigenvalue weighted by molar-refractivity contribution is -0.274. The van der Waals surface area contributed by atoms with Crippen molar-refractivity contribution in [2.75, 3.05) is 23.6 Å². The highest BCUT2D eigenvalue weighted by atomic mass is 19.4. The number of anilines is 3. The van der Waals surface area contributed by atoms with E-state index in [2.05, 4.69) is 9.72 Å². The largest absolute Gasteiger partial charge is 0.573 e. The molecule has 0 unspecified atom stereocenters. The van der Waals surface area contributed by atoms with Crippen LogP contribution in [-0.2, 0) is 6.18 Å². The van der Waals surface area contributed by atoms with Gasteiger partial charge in [0.25, 0.3) is 5.91 Å². The Labute approximate surface area is 195 Å². The van der Waals surface area contributed by atoms with Crippen LogP contribution in [0.1, 0.15) is 21.5 Å². The third-order valence-electron chi connectivity index (χ3n) is 5.31. The zero-order valence-electron chi connectivity index (χ0n) is 18.2. The van der Waals surface area contributed by atoms with Gasteiger partial charge < -0.3 is 14.4 Å². The molecule has 1 amide bonds. The van der Waals surface area contributed by atoms with Gasteiger partial charge in [0.05, 0.1) is 35.8 Å². The summed E-state index contributed by atoms with van der Waals surface area (Å²) in [5.41, 5.74) is -0.0482. The lowest BCUT2D eigenvalue weighted by Crippen LogP contribution is -2.45. The average Bonchev–Trinajstić information content (AvgIpc) is 2.78. The number of carbonyl (C=O) groups excluding carboxylic acids is 1. The first-order chi connectivity index (χ1) is 16.4. The van der Waals surface area contributed by atoms with Gasteiger partial charge in [0.2, 0.25) is 5.88 Å². The third kappa shape index (κ3) is 4.96. The van der Waals surface area contributed by atoms with Gasteiger partial charge in [0.1, 0.15) is 12.4 Å². The molecule has 184 valence electrons. The SMILES string of the molecule is COc1ccc(N2CN(c3ccc(OC(F)(F)F)cc3C)c3ccc(C(F)(F)F)cc3C2=O)cn1. The van der Waals surface area contributed by atoms with Gasteiger partial charge in [-0.1, -0.05) is 0 Å². The Morgan fingerprint density at radius 2 is 1.63 bits per heavy atom. The molecule has 3 aromatic rings. The van der Waals surface area contributed by atoms with Crippen LogP contribution in [0.3, 0.4) is 0 Å². The van der Waals surface area contributed by atoms with E-state index in [1.54, 1.807) is 0 Å². The number of rotatable bonds is 4. The molecule has 1 aromatic heterocycles. The molecule has 0 bridgehead atoms. The number of fused-ring (bicyclic) bond motifs is 1. The number of hydrogen-bond acceptors (Lipinski definition) is 5. The predicted octanol–water partition coefficient (Wildman–Crippen LogP) is 6.07. The highest BCUT2D eigenvalue weighted by molar-refractivity contribution is 6.12. The van der Waals surface area contributed by atoms with Crippen LogP contribution in [0.25, 0.3) is 0 Å². The van der Waals surface area contributed by atoms with Crippen LogP contribution in [-0.4, -0.2) is 31.0 Å². The van der Waals surface area contributed by atoms with Crippen molar-refractivity contribution in [3.63, 3.8) is 0 Å². The minimum absolute atomic E-state index is 0.133. The fraction of sp³-hybridized carbons (Fsp3) is 0.217. The number of pyridine rings is 1. The number of hydrogen-bond donors (Lipinski definition) is 0. The molecule has 0 N–H and O–H groups in total. The Balaban J connectivity index is 1.82. The van der Waals surface area contributed by atoms with Crippen LogP contribution in [0.4, 0.5) is 43.4 Å². The molecule has 6 nitrogen and oxygen atoms in total. The fourth-order valence-electron chi connectivity index (χ4n) is 3.73. The van der Waals surface area contributed by atoms with Crippen molar-refractivity contribution in [1.29, 1.82) is 0 Å². The molecule has 0 aliphatic carbocycles. The Kier molecular flexibility index (Phi) is 5.99. The summed E-state index contributed by atoms with van der Waals surface area (Å²) >= 11 is 0. The van der Waals surface area contributed by atoms with E-state index in [1.165, 1.54) is 54.3 Å². The molecular weight excluding hydrogens is 480 g/mol. The molecule has 0 atom stereocenters. The van der Waals surface area contributed by atoms with E-state index in [0.29, 0.717) is 16.9 Å². The van der Waals surface area contributed by atoms with Gasteiger partial charge in [0.15, 0.2) is 0 Å².